The van der Waals surface area contributed by atoms with Crippen LogP contribution >= 0.6 is 0 Å². The van der Waals surface area contributed by atoms with Crippen LogP contribution in [0, 0.1) is 12.9 Å². The molecule has 0 aliphatic carbocycles. The highest BCUT2D eigenvalue weighted by atomic mass is 32.2. The third-order valence-corrected chi connectivity index (χ3v) is 6.36. The van der Waals surface area contributed by atoms with E-state index in [4.69, 9.17) is 0 Å². The number of halogens is 1. The monoisotopic (exact) mass is 379 g/mol. The maximum Gasteiger partial charge on any atom is 0.270 e. The van der Waals surface area contributed by atoms with E-state index in [0.29, 0.717) is 22.9 Å². The van der Waals surface area contributed by atoms with E-state index in [9.17, 15) is 8.42 Å². The lowest BCUT2D eigenvalue weighted by molar-refractivity contribution is 0.539. The van der Waals surface area contributed by atoms with Crippen LogP contribution in [0.5, 0.6) is 0 Å². The molecule has 0 radical (unpaired) electrons. The van der Waals surface area contributed by atoms with Crippen LogP contribution in [0.4, 0.5) is 4.39 Å². The Morgan fingerprint density at radius 3 is 2.19 bits per heavy atom. The summed E-state index contributed by atoms with van der Waals surface area (Å²) in [4.78, 5) is 0.0685. The van der Waals surface area contributed by atoms with Crippen LogP contribution in [-0.2, 0) is 16.4 Å². The molecule has 4 aromatic rings. The SMILES string of the molecule is Cc1ccc(S(=O)(=O)n2c(F)c(Cc3ccccc3)c3ccccc32)cc1. The third kappa shape index (κ3) is 3.04. The Morgan fingerprint density at radius 1 is 0.852 bits per heavy atom. The number of hydrogen-bond acceptors (Lipinski definition) is 2. The molecule has 0 saturated heterocycles. The first-order valence-electron chi connectivity index (χ1n) is 8.62. The van der Waals surface area contributed by atoms with Gasteiger partial charge in [-0.15, -0.1) is 0 Å². The summed E-state index contributed by atoms with van der Waals surface area (Å²) in [7, 11) is -4.04. The average molecular weight is 379 g/mol. The number of rotatable bonds is 4. The number of fused-ring (bicyclic) bond motifs is 1. The molecule has 0 bridgehead atoms. The topological polar surface area (TPSA) is 39.1 Å². The van der Waals surface area contributed by atoms with Crippen molar-refractivity contribution in [3.63, 3.8) is 0 Å². The average Bonchev–Trinajstić information content (AvgIpc) is 2.95. The third-order valence-electron chi connectivity index (χ3n) is 4.66. The minimum Gasteiger partial charge on any atom is -0.208 e. The zero-order chi connectivity index (χ0) is 19.0. The zero-order valence-corrected chi connectivity index (χ0v) is 15.6. The lowest BCUT2D eigenvalue weighted by atomic mass is 10.0. The fourth-order valence-corrected chi connectivity index (χ4v) is 4.69. The van der Waals surface area contributed by atoms with E-state index in [2.05, 4.69) is 0 Å². The fraction of sp³-hybridized carbons (Fsp3) is 0.0909. The van der Waals surface area contributed by atoms with Crippen molar-refractivity contribution in [2.45, 2.75) is 18.2 Å². The second-order valence-electron chi connectivity index (χ2n) is 6.53. The summed E-state index contributed by atoms with van der Waals surface area (Å²) in [5.74, 6) is -0.736. The van der Waals surface area contributed by atoms with Gasteiger partial charge in [0.1, 0.15) is 0 Å². The zero-order valence-electron chi connectivity index (χ0n) is 14.8. The van der Waals surface area contributed by atoms with Crippen molar-refractivity contribution in [2.24, 2.45) is 0 Å². The van der Waals surface area contributed by atoms with Gasteiger partial charge in [-0.05, 0) is 30.7 Å². The molecular formula is C22H18FNO2S. The van der Waals surface area contributed by atoms with Gasteiger partial charge in [0.25, 0.3) is 10.0 Å². The summed E-state index contributed by atoms with van der Waals surface area (Å²) in [5.41, 5.74) is 2.59. The van der Waals surface area contributed by atoms with Crippen LogP contribution in [0.25, 0.3) is 10.9 Å². The van der Waals surface area contributed by atoms with Crippen molar-refractivity contribution in [1.29, 1.82) is 0 Å². The highest BCUT2D eigenvalue weighted by Gasteiger charge is 2.27. The predicted molar refractivity (Wildman–Crippen MR) is 105 cm³/mol. The summed E-state index contributed by atoms with van der Waals surface area (Å²) in [6.07, 6.45) is 0.323. The molecule has 27 heavy (non-hydrogen) atoms. The molecule has 136 valence electrons. The van der Waals surface area contributed by atoms with E-state index < -0.39 is 16.0 Å². The summed E-state index contributed by atoms with van der Waals surface area (Å²) < 4.78 is 42.6. The van der Waals surface area contributed by atoms with Crippen molar-refractivity contribution >= 4 is 20.9 Å². The number of hydrogen-bond donors (Lipinski definition) is 0. The number of nitrogens with zero attached hydrogens (tertiary/aromatic N) is 1. The minimum absolute atomic E-state index is 0.0685. The first kappa shape index (κ1) is 17.5. The molecule has 0 aliphatic heterocycles. The van der Waals surface area contributed by atoms with Crippen molar-refractivity contribution in [3.8, 4) is 0 Å². The molecule has 4 rings (SSSR count). The molecule has 0 saturated carbocycles. The van der Waals surface area contributed by atoms with E-state index in [0.717, 1.165) is 15.1 Å². The Kier molecular flexibility index (Phi) is 4.32. The number of benzene rings is 3. The largest absolute Gasteiger partial charge is 0.270 e. The lowest BCUT2D eigenvalue weighted by Crippen LogP contribution is -2.15. The van der Waals surface area contributed by atoms with Crippen LogP contribution in [-0.4, -0.2) is 12.4 Å². The summed E-state index contributed by atoms with van der Waals surface area (Å²) >= 11 is 0. The maximum atomic E-state index is 15.4. The standard InChI is InChI=1S/C22H18FNO2S/c1-16-11-13-18(14-12-16)27(25,26)24-21-10-6-5-9-19(21)20(22(24)23)15-17-7-3-2-4-8-17/h2-14H,15H2,1H3. The van der Waals surface area contributed by atoms with Crippen molar-refractivity contribution < 1.29 is 12.8 Å². The second-order valence-corrected chi connectivity index (χ2v) is 8.32. The van der Waals surface area contributed by atoms with E-state index in [-0.39, 0.29) is 4.90 Å². The fourth-order valence-electron chi connectivity index (χ4n) is 3.26. The normalized spacial score (nSPS) is 11.8. The van der Waals surface area contributed by atoms with Gasteiger partial charge in [0, 0.05) is 17.4 Å². The van der Waals surface area contributed by atoms with Gasteiger partial charge < -0.3 is 0 Å². The van der Waals surface area contributed by atoms with Crippen molar-refractivity contribution in [2.75, 3.05) is 0 Å². The molecule has 3 aromatic carbocycles. The van der Waals surface area contributed by atoms with Gasteiger partial charge in [0.2, 0.25) is 5.95 Å². The van der Waals surface area contributed by atoms with Crippen LogP contribution in [0.1, 0.15) is 16.7 Å². The van der Waals surface area contributed by atoms with Gasteiger partial charge in [-0.3, -0.25) is 0 Å². The van der Waals surface area contributed by atoms with Gasteiger partial charge in [-0.1, -0.05) is 66.2 Å². The van der Waals surface area contributed by atoms with Crippen LogP contribution < -0.4 is 0 Å². The summed E-state index contributed by atoms with van der Waals surface area (Å²) in [6.45, 7) is 1.88. The Balaban J connectivity index is 1.94. The van der Waals surface area contributed by atoms with Crippen molar-refractivity contribution in [1.82, 2.24) is 3.97 Å². The molecule has 0 unspecified atom stereocenters. The molecule has 0 aliphatic rings. The van der Waals surface area contributed by atoms with Crippen LogP contribution in [0.15, 0.2) is 83.8 Å². The van der Waals surface area contributed by atoms with Gasteiger partial charge in [-0.2, -0.15) is 4.39 Å². The van der Waals surface area contributed by atoms with Crippen molar-refractivity contribution in [3.05, 3.63) is 102 Å². The lowest BCUT2D eigenvalue weighted by Gasteiger charge is -2.09. The Hall–Kier alpha value is -2.92. The number of aromatic nitrogens is 1. The molecule has 1 heterocycles. The van der Waals surface area contributed by atoms with Gasteiger partial charge in [0.05, 0.1) is 10.4 Å². The Labute approximate surface area is 157 Å². The predicted octanol–water partition coefficient (Wildman–Crippen LogP) is 4.92. The second kappa shape index (κ2) is 6.67. The van der Waals surface area contributed by atoms with E-state index >= 15 is 4.39 Å². The quantitative estimate of drug-likeness (QED) is 0.505. The Morgan fingerprint density at radius 2 is 1.48 bits per heavy atom. The summed E-state index contributed by atoms with van der Waals surface area (Å²) in [5, 5.41) is 0.606. The molecule has 0 amide bonds. The molecular weight excluding hydrogens is 361 g/mol. The number of aryl methyl sites for hydroxylation is 1. The van der Waals surface area contributed by atoms with Crippen LogP contribution in [0.3, 0.4) is 0 Å². The molecule has 3 nitrogen and oxygen atoms in total. The van der Waals surface area contributed by atoms with E-state index in [1.165, 1.54) is 12.1 Å². The molecule has 5 heteroatoms. The van der Waals surface area contributed by atoms with Gasteiger partial charge in [-0.25, -0.2) is 12.4 Å². The smallest absolute Gasteiger partial charge is 0.208 e. The molecule has 0 fully saturated rings. The first-order valence-corrected chi connectivity index (χ1v) is 10.1. The van der Waals surface area contributed by atoms with Gasteiger partial charge in [0.15, 0.2) is 0 Å². The van der Waals surface area contributed by atoms with E-state index in [1.807, 2.05) is 37.3 Å². The first-order chi connectivity index (χ1) is 13.0. The number of para-hydroxylation sites is 1. The van der Waals surface area contributed by atoms with E-state index in [1.54, 1.807) is 36.4 Å². The summed E-state index contributed by atoms with van der Waals surface area (Å²) in [6, 6.07) is 22.8. The molecule has 0 spiro atoms. The Bertz CT molecular complexity index is 1210. The highest BCUT2D eigenvalue weighted by Crippen LogP contribution is 2.31. The minimum atomic E-state index is -4.04. The maximum absolute atomic E-state index is 15.4. The van der Waals surface area contributed by atoms with Crippen LogP contribution in [0.2, 0.25) is 0 Å². The molecule has 0 atom stereocenters. The molecule has 0 N–H and O–H groups in total. The molecule has 1 aromatic heterocycles. The van der Waals surface area contributed by atoms with Gasteiger partial charge >= 0.3 is 0 Å². The highest BCUT2D eigenvalue weighted by molar-refractivity contribution is 7.90.